The number of alkyl halides is 3. The van der Waals surface area contributed by atoms with Gasteiger partial charge >= 0.3 is 6.18 Å². The molecule has 1 N–H and O–H groups in total. The summed E-state index contributed by atoms with van der Waals surface area (Å²) in [6, 6.07) is 5.96. The smallest absolute Gasteiger partial charge is 0.368 e. The Morgan fingerprint density at radius 2 is 1.78 bits per heavy atom. The normalized spacial score (nSPS) is 11.9. The highest BCUT2D eigenvalue weighted by molar-refractivity contribution is 7.90. The van der Waals surface area contributed by atoms with E-state index in [4.69, 9.17) is 11.6 Å². The number of hydrogen-bond donors (Lipinski definition) is 1. The van der Waals surface area contributed by atoms with Crippen LogP contribution in [-0.2, 0) is 16.2 Å². The van der Waals surface area contributed by atoms with E-state index in [1.807, 2.05) is 0 Å². The molecular weight excluding hydrogens is 479 g/mol. The summed E-state index contributed by atoms with van der Waals surface area (Å²) in [4.78, 5) is 24.6. The molecule has 0 atom stereocenters. The summed E-state index contributed by atoms with van der Waals surface area (Å²) in [6.07, 6.45) is -3.67. The average Bonchev–Trinajstić information content (AvgIpc) is 2.69. The highest BCUT2D eigenvalue weighted by Crippen LogP contribution is 2.31. The van der Waals surface area contributed by atoms with Gasteiger partial charge in [0.15, 0.2) is 5.03 Å². The van der Waals surface area contributed by atoms with Crippen LogP contribution < -0.4 is 10.5 Å². The van der Waals surface area contributed by atoms with Crippen LogP contribution in [0.5, 0.6) is 0 Å². The molecule has 0 fully saturated rings. The van der Waals surface area contributed by atoms with Gasteiger partial charge in [0, 0.05) is 19.7 Å². The fraction of sp³-hybridized carbons (Fsp3) is 0.176. The Balaban J connectivity index is 2.50. The number of carbonyl (C=O) groups is 1. The number of sulfonamides is 1. The zero-order chi connectivity index (χ0) is 24.3. The van der Waals surface area contributed by atoms with Crippen molar-refractivity contribution in [3.05, 3.63) is 68.7 Å². The minimum Gasteiger partial charge on any atom is -0.368 e. The number of nitrogens with one attached hydrogen (secondary N) is 1. The summed E-state index contributed by atoms with van der Waals surface area (Å²) in [5.41, 5.74) is -0.123. The van der Waals surface area contributed by atoms with Gasteiger partial charge in [-0.15, -0.1) is 4.40 Å². The molecule has 2 rings (SSSR count). The molecule has 0 unspecified atom stereocenters. The highest BCUT2D eigenvalue weighted by atomic mass is 35.5. The lowest BCUT2D eigenvalue weighted by molar-refractivity contribution is -0.544. The van der Waals surface area contributed by atoms with E-state index in [2.05, 4.69) is 4.40 Å². The van der Waals surface area contributed by atoms with Crippen LogP contribution in [0.3, 0.4) is 0 Å². The Labute approximate surface area is 185 Å². The number of anilines is 1. The first kappa shape index (κ1) is 24.9. The van der Waals surface area contributed by atoms with Gasteiger partial charge in [-0.25, -0.2) is 10.1 Å². The molecule has 0 aliphatic rings. The molecule has 0 saturated carbocycles. The van der Waals surface area contributed by atoms with Crippen LogP contribution in [0.2, 0.25) is 5.02 Å². The first-order chi connectivity index (χ1) is 14.7. The van der Waals surface area contributed by atoms with Crippen molar-refractivity contribution < 1.29 is 31.4 Å². The minimum absolute atomic E-state index is 0.263. The molecule has 0 heterocycles. The van der Waals surface area contributed by atoms with Crippen LogP contribution in [0.25, 0.3) is 0 Å². The number of carbonyl (C=O) groups excluding carboxylic acids is 1. The number of nitro groups is 1. The largest absolute Gasteiger partial charge is 0.416 e. The maximum atomic E-state index is 12.9. The van der Waals surface area contributed by atoms with Crippen molar-refractivity contribution in [3.8, 4) is 0 Å². The van der Waals surface area contributed by atoms with Gasteiger partial charge in [0.05, 0.1) is 16.3 Å². The SMILES string of the molecule is CN(C)C=NS(=O)(=O)c1cc(C(=O)N(N[N+](=O)[O-])c2ccc(C(F)(F)F)cc2)ccc1Cl. The molecule has 2 aromatic rings. The van der Waals surface area contributed by atoms with Crippen LogP contribution in [0.15, 0.2) is 51.8 Å². The number of amides is 1. The van der Waals surface area contributed by atoms with Gasteiger partial charge in [-0.05, 0) is 48.0 Å². The van der Waals surface area contributed by atoms with E-state index in [1.54, 1.807) is 5.53 Å². The first-order valence-corrected chi connectivity index (χ1v) is 10.2. The maximum Gasteiger partial charge on any atom is 0.416 e. The molecule has 32 heavy (non-hydrogen) atoms. The monoisotopic (exact) mass is 493 g/mol. The molecule has 0 aromatic heterocycles. The molecule has 0 saturated heterocycles. The lowest BCUT2D eigenvalue weighted by Gasteiger charge is -2.19. The number of benzene rings is 2. The summed E-state index contributed by atoms with van der Waals surface area (Å²) in [6.45, 7) is 0. The van der Waals surface area contributed by atoms with E-state index in [9.17, 15) is 36.5 Å². The number of hydrazine groups is 2. The van der Waals surface area contributed by atoms with Crippen molar-refractivity contribution in [2.75, 3.05) is 19.1 Å². The third kappa shape index (κ3) is 6.07. The van der Waals surface area contributed by atoms with E-state index in [0.29, 0.717) is 17.1 Å². The molecule has 0 spiro atoms. The molecule has 2 aromatic carbocycles. The van der Waals surface area contributed by atoms with Crippen LogP contribution >= 0.6 is 11.6 Å². The molecule has 10 nitrogen and oxygen atoms in total. The predicted octanol–water partition coefficient (Wildman–Crippen LogP) is 2.98. The van der Waals surface area contributed by atoms with E-state index < -0.39 is 37.6 Å². The maximum absolute atomic E-state index is 12.9. The van der Waals surface area contributed by atoms with Crippen molar-refractivity contribution in [2.45, 2.75) is 11.1 Å². The third-order valence-corrected chi connectivity index (χ3v) is 5.42. The summed E-state index contributed by atoms with van der Waals surface area (Å²) in [5.74, 6) is -1.13. The van der Waals surface area contributed by atoms with Crippen LogP contribution in [0.4, 0.5) is 18.9 Å². The summed E-state index contributed by atoms with van der Waals surface area (Å²) in [7, 11) is -1.29. The van der Waals surface area contributed by atoms with Gasteiger partial charge in [-0.2, -0.15) is 26.6 Å². The van der Waals surface area contributed by atoms with E-state index >= 15 is 0 Å². The molecule has 172 valence electrons. The Morgan fingerprint density at radius 1 is 1.19 bits per heavy atom. The molecule has 15 heteroatoms. The minimum atomic E-state index is -4.66. The zero-order valence-corrected chi connectivity index (χ0v) is 17.9. The Kier molecular flexibility index (Phi) is 7.31. The first-order valence-electron chi connectivity index (χ1n) is 8.41. The van der Waals surface area contributed by atoms with Crippen molar-refractivity contribution in [1.29, 1.82) is 0 Å². The average molecular weight is 494 g/mol. The predicted molar refractivity (Wildman–Crippen MR) is 109 cm³/mol. The van der Waals surface area contributed by atoms with Gasteiger partial charge in [-0.1, -0.05) is 11.6 Å². The number of rotatable bonds is 7. The van der Waals surface area contributed by atoms with Crippen molar-refractivity contribution in [1.82, 2.24) is 10.4 Å². The Morgan fingerprint density at radius 3 is 2.28 bits per heavy atom. The van der Waals surface area contributed by atoms with Crippen molar-refractivity contribution >= 4 is 39.6 Å². The van der Waals surface area contributed by atoms with Crippen LogP contribution in [0, 0.1) is 10.1 Å². The van der Waals surface area contributed by atoms with E-state index in [1.165, 1.54) is 19.0 Å². The topological polar surface area (TPSA) is 125 Å². The van der Waals surface area contributed by atoms with Crippen molar-refractivity contribution in [3.63, 3.8) is 0 Å². The summed E-state index contributed by atoms with van der Waals surface area (Å²) < 4.78 is 66.6. The van der Waals surface area contributed by atoms with Gasteiger partial charge in [-0.3, -0.25) is 4.79 Å². The fourth-order valence-corrected chi connectivity index (χ4v) is 3.70. The molecule has 1 amide bonds. The molecule has 0 aliphatic heterocycles. The standard InChI is InChI=1S/C17H15ClF3N5O5S/c1-24(2)10-22-32(30,31)15-9-11(3-8-14(15)18)16(27)25(23-26(28)29)13-6-4-12(5-7-13)17(19,20)21/h3-10,23H,1-2H3. The zero-order valence-electron chi connectivity index (χ0n) is 16.4. The van der Waals surface area contributed by atoms with Gasteiger partial charge in [0.2, 0.25) is 0 Å². The molecule has 0 bridgehead atoms. The second kappa shape index (κ2) is 9.40. The molecule has 0 radical (unpaired) electrons. The lowest BCUT2D eigenvalue weighted by Crippen LogP contribution is -2.46. The Hall–Kier alpha value is -3.39. The second-order valence-corrected chi connectivity index (χ2v) is 8.36. The molecule has 0 aliphatic carbocycles. The number of nitrogens with zero attached hydrogens (tertiary/aromatic N) is 4. The highest BCUT2D eigenvalue weighted by Gasteiger charge is 2.31. The van der Waals surface area contributed by atoms with E-state index in [-0.39, 0.29) is 16.3 Å². The van der Waals surface area contributed by atoms with Crippen molar-refractivity contribution in [2.24, 2.45) is 4.40 Å². The third-order valence-electron chi connectivity index (χ3n) is 3.71. The summed E-state index contributed by atoms with van der Waals surface area (Å²) in [5, 5.41) is 9.93. The molecular formula is C17H15ClF3N5O5S. The quantitative estimate of drug-likeness (QED) is 0.272. The van der Waals surface area contributed by atoms with Gasteiger partial charge in [0.1, 0.15) is 11.2 Å². The number of halogens is 4. The van der Waals surface area contributed by atoms with Crippen LogP contribution in [-0.4, -0.2) is 44.7 Å². The van der Waals surface area contributed by atoms with E-state index in [0.717, 1.165) is 36.7 Å². The number of hydrogen-bond acceptors (Lipinski definition) is 5. The lowest BCUT2D eigenvalue weighted by atomic mass is 10.1. The Bertz CT molecular complexity index is 1150. The van der Waals surface area contributed by atoms with Gasteiger partial charge in [0.25, 0.3) is 15.9 Å². The van der Waals surface area contributed by atoms with Gasteiger partial charge < -0.3 is 4.90 Å². The summed E-state index contributed by atoms with van der Waals surface area (Å²) >= 11 is 5.92. The van der Waals surface area contributed by atoms with Crippen LogP contribution in [0.1, 0.15) is 15.9 Å². The second-order valence-electron chi connectivity index (χ2n) is 6.35. The fourth-order valence-electron chi connectivity index (χ4n) is 2.28.